The second-order valence-corrected chi connectivity index (χ2v) is 1.70. The highest BCUT2D eigenvalue weighted by Crippen LogP contribution is 1.62. The Labute approximate surface area is 50.1 Å². The van der Waals surface area contributed by atoms with Crippen molar-refractivity contribution in [2.45, 2.75) is 0 Å². The number of aryl methyl sites for hydroxylation is 1. The first-order valence-corrected chi connectivity index (χ1v) is 2.36. The molecule has 0 spiro atoms. The molecule has 0 bridgehead atoms. The quantitative estimate of drug-likeness (QED) is 0.437. The van der Waals surface area contributed by atoms with Crippen LogP contribution in [0.3, 0.4) is 0 Å². The van der Waals surface area contributed by atoms with Gasteiger partial charge in [-0.15, -0.1) is 0 Å². The summed E-state index contributed by atoms with van der Waals surface area (Å²) in [7, 11) is 2.73. The highest BCUT2D eigenvalue weighted by molar-refractivity contribution is 4.58. The van der Waals surface area contributed by atoms with Gasteiger partial charge in [-0.2, -0.15) is 4.74 Å². The van der Waals surface area contributed by atoms with Gasteiger partial charge in [-0.3, -0.25) is 0 Å². The predicted molar refractivity (Wildman–Crippen MR) is 29.2 cm³/mol. The molecule has 1 rings (SSSR count). The van der Waals surface area contributed by atoms with Gasteiger partial charge in [0.25, 0.3) is 0 Å². The van der Waals surface area contributed by atoms with Crippen molar-refractivity contribution >= 4 is 0 Å². The Hall–Kier alpha value is -1.26. The van der Waals surface area contributed by atoms with Crippen molar-refractivity contribution < 1.29 is 4.52 Å². The predicted octanol–water partition coefficient (Wildman–Crippen LogP) is -1.32. The topological polar surface area (TPSA) is 57.1 Å². The van der Waals surface area contributed by atoms with Gasteiger partial charge >= 0.3 is 11.4 Å². The Kier molecular flexibility index (Phi) is 1.05. The molecule has 0 aromatic carbocycles. The second-order valence-electron chi connectivity index (χ2n) is 1.70. The molecule has 5 nitrogen and oxygen atoms in total. The molecule has 0 atom stereocenters. The van der Waals surface area contributed by atoms with Crippen LogP contribution in [0.4, 0.5) is 0 Å². The molecule has 0 aliphatic heterocycles. The molecule has 0 N–H and O–H groups in total. The Balaban J connectivity index is 3.68. The zero-order valence-corrected chi connectivity index (χ0v) is 5.12. The lowest BCUT2D eigenvalue weighted by molar-refractivity contribution is 0.275. The zero-order valence-electron chi connectivity index (χ0n) is 5.12. The lowest BCUT2D eigenvalue weighted by Crippen LogP contribution is -2.24. The van der Waals surface area contributed by atoms with Crippen molar-refractivity contribution in [1.82, 2.24) is 9.31 Å². The van der Waals surface area contributed by atoms with Gasteiger partial charge in [0.2, 0.25) is 0 Å². The number of hydrogen-bond acceptors (Lipinski definition) is 3. The van der Waals surface area contributed by atoms with Crippen molar-refractivity contribution in [3.05, 3.63) is 21.0 Å². The van der Waals surface area contributed by atoms with E-state index in [9.17, 15) is 9.59 Å². The SMILES string of the molecule is Cn1oc(=O)n(C)c1=O. The van der Waals surface area contributed by atoms with Gasteiger partial charge in [0.15, 0.2) is 0 Å². The van der Waals surface area contributed by atoms with E-state index in [4.69, 9.17) is 0 Å². The van der Waals surface area contributed by atoms with Crippen LogP contribution in [-0.4, -0.2) is 9.31 Å². The summed E-state index contributed by atoms with van der Waals surface area (Å²) >= 11 is 0. The molecule has 0 unspecified atom stereocenters. The fourth-order valence-corrected chi connectivity index (χ4v) is 0.507. The van der Waals surface area contributed by atoms with Crippen LogP contribution in [0.15, 0.2) is 14.1 Å². The summed E-state index contributed by atoms with van der Waals surface area (Å²) in [4.78, 5) is 21.1. The largest absolute Gasteiger partial charge is 0.442 e. The van der Waals surface area contributed by atoms with Gasteiger partial charge in [-0.1, -0.05) is 0 Å². The van der Waals surface area contributed by atoms with E-state index in [0.29, 0.717) is 0 Å². The monoisotopic (exact) mass is 130 g/mol. The summed E-state index contributed by atoms with van der Waals surface area (Å²) < 4.78 is 6.12. The first-order chi connectivity index (χ1) is 4.13. The van der Waals surface area contributed by atoms with Crippen LogP contribution in [0, 0.1) is 0 Å². The van der Waals surface area contributed by atoms with Crippen molar-refractivity contribution in [1.29, 1.82) is 0 Å². The minimum Gasteiger partial charge on any atom is -0.317 e. The van der Waals surface area contributed by atoms with Gasteiger partial charge < -0.3 is 4.52 Å². The number of hydrogen-bond donors (Lipinski definition) is 0. The van der Waals surface area contributed by atoms with E-state index in [2.05, 4.69) is 4.52 Å². The molecule has 0 fully saturated rings. The molecule has 0 aliphatic rings. The molecule has 0 amide bonds. The lowest BCUT2D eigenvalue weighted by atomic mass is 11.0. The minimum absolute atomic E-state index is 0.444. The maximum absolute atomic E-state index is 10.6. The van der Waals surface area contributed by atoms with Gasteiger partial charge in [-0.05, 0) is 0 Å². The average Bonchev–Trinajstić information content (AvgIpc) is 1.98. The summed E-state index contributed by atoms with van der Waals surface area (Å²) in [6, 6.07) is 0. The smallest absolute Gasteiger partial charge is 0.317 e. The lowest BCUT2D eigenvalue weighted by Gasteiger charge is -1.76. The molecule has 0 saturated carbocycles. The highest BCUT2D eigenvalue weighted by Gasteiger charge is 2.00. The molecule has 5 heteroatoms. The van der Waals surface area contributed by atoms with E-state index < -0.39 is 11.4 Å². The van der Waals surface area contributed by atoms with E-state index in [0.717, 1.165) is 9.31 Å². The third-order valence-corrected chi connectivity index (χ3v) is 1.05. The van der Waals surface area contributed by atoms with Crippen LogP contribution in [-0.2, 0) is 14.1 Å². The normalized spacial score (nSPS) is 10.0. The molecule has 1 heterocycles. The van der Waals surface area contributed by atoms with Crippen molar-refractivity contribution in [3.8, 4) is 0 Å². The van der Waals surface area contributed by atoms with E-state index in [1.54, 1.807) is 0 Å². The minimum atomic E-state index is -0.637. The van der Waals surface area contributed by atoms with E-state index in [-0.39, 0.29) is 0 Å². The molecule has 1 aromatic rings. The van der Waals surface area contributed by atoms with E-state index in [1.807, 2.05) is 0 Å². The Morgan fingerprint density at radius 1 is 1.33 bits per heavy atom. The number of rotatable bonds is 0. The van der Waals surface area contributed by atoms with Crippen LogP contribution in [0.2, 0.25) is 0 Å². The molecule has 50 valence electrons. The molecule has 0 radical (unpaired) electrons. The van der Waals surface area contributed by atoms with Crippen molar-refractivity contribution in [2.75, 3.05) is 0 Å². The Morgan fingerprint density at radius 3 is 2.00 bits per heavy atom. The van der Waals surface area contributed by atoms with Gasteiger partial charge in [0.05, 0.1) is 7.05 Å². The van der Waals surface area contributed by atoms with Crippen molar-refractivity contribution in [3.63, 3.8) is 0 Å². The fraction of sp³-hybridized carbons (Fsp3) is 0.500. The van der Waals surface area contributed by atoms with Crippen LogP contribution in [0.5, 0.6) is 0 Å². The molecule has 9 heavy (non-hydrogen) atoms. The maximum Gasteiger partial charge on any atom is 0.442 e. The third-order valence-electron chi connectivity index (χ3n) is 1.05. The van der Waals surface area contributed by atoms with Gasteiger partial charge in [-0.25, -0.2) is 14.2 Å². The zero-order chi connectivity index (χ0) is 7.02. The first-order valence-electron chi connectivity index (χ1n) is 2.36. The second kappa shape index (κ2) is 1.61. The van der Waals surface area contributed by atoms with Gasteiger partial charge in [0, 0.05) is 7.05 Å². The standard InChI is InChI=1S/C4H6N2O3/c1-5-3(7)6(2)9-4(5)8/h1-2H3. The van der Waals surface area contributed by atoms with Crippen LogP contribution >= 0.6 is 0 Å². The maximum atomic E-state index is 10.6. The summed E-state index contributed by atoms with van der Waals surface area (Å²) in [5.74, 6) is -0.637. The summed E-state index contributed by atoms with van der Waals surface area (Å²) in [6.07, 6.45) is 0. The number of nitrogens with zero attached hydrogens (tertiary/aromatic N) is 2. The number of aromatic nitrogens is 2. The van der Waals surface area contributed by atoms with Crippen LogP contribution < -0.4 is 11.4 Å². The Morgan fingerprint density at radius 2 is 1.89 bits per heavy atom. The first kappa shape index (κ1) is 5.87. The molecular formula is C4H6N2O3. The molecule has 0 aliphatic carbocycles. The summed E-state index contributed by atoms with van der Waals surface area (Å²) in [5.41, 5.74) is -0.444. The molecular weight excluding hydrogens is 124 g/mol. The Bertz CT molecular complexity index is 315. The van der Waals surface area contributed by atoms with Gasteiger partial charge in [0.1, 0.15) is 0 Å². The summed E-state index contributed by atoms with van der Waals surface area (Å²) in [5, 5.41) is 0. The van der Waals surface area contributed by atoms with E-state index >= 15 is 0 Å². The average molecular weight is 130 g/mol. The van der Waals surface area contributed by atoms with Crippen LogP contribution in [0.1, 0.15) is 0 Å². The summed E-state index contributed by atoms with van der Waals surface area (Å²) in [6.45, 7) is 0. The van der Waals surface area contributed by atoms with Crippen LogP contribution in [0.25, 0.3) is 0 Å². The fourth-order valence-electron chi connectivity index (χ4n) is 0.507. The third kappa shape index (κ3) is 0.697. The molecule has 1 aromatic heterocycles. The van der Waals surface area contributed by atoms with Crippen molar-refractivity contribution in [2.24, 2.45) is 14.1 Å². The molecule has 0 saturated heterocycles. The highest BCUT2D eigenvalue weighted by atomic mass is 16.5. The van der Waals surface area contributed by atoms with E-state index in [1.165, 1.54) is 14.1 Å².